The highest BCUT2D eigenvalue weighted by atomic mass is 19.4. The molecule has 0 radical (unpaired) electrons. The number of halogens is 3. The fraction of sp³-hybridized carbons (Fsp3) is 0.0800. The Balaban J connectivity index is 1.26. The Hall–Kier alpha value is -5.60. The standard InChI is InChI=1S/C25H19F3N8O4/c1-39-24(38)35-22-32-18-8-7-17(11-19(18)33-22)40-16-5-3-15(4-6-16)31-23(37)34-20-10-14(25(26,27)28)2-9-21(20)36-13-29-12-30-36/h2-13H,1H3,(H2,31,34,37)(H2,32,33,35,38). The van der Waals surface area contributed by atoms with Crippen LogP contribution >= 0.6 is 0 Å². The van der Waals surface area contributed by atoms with Crippen LogP contribution in [-0.4, -0.2) is 44.0 Å². The molecule has 4 N–H and O–H groups in total. The molecule has 204 valence electrons. The number of fused-ring (bicyclic) bond motifs is 1. The number of anilines is 3. The summed E-state index contributed by atoms with van der Waals surface area (Å²) in [6.45, 7) is 0. The molecule has 0 aliphatic rings. The van der Waals surface area contributed by atoms with Crippen LogP contribution in [0.25, 0.3) is 16.7 Å². The van der Waals surface area contributed by atoms with Gasteiger partial charge in [-0.3, -0.25) is 5.32 Å². The normalized spacial score (nSPS) is 11.2. The molecular weight excluding hydrogens is 533 g/mol. The van der Waals surface area contributed by atoms with E-state index in [1.54, 1.807) is 42.5 Å². The third kappa shape index (κ3) is 5.93. The van der Waals surface area contributed by atoms with Gasteiger partial charge in [-0.2, -0.15) is 18.3 Å². The summed E-state index contributed by atoms with van der Waals surface area (Å²) >= 11 is 0. The van der Waals surface area contributed by atoms with Crippen LogP contribution in [0.15, 0.2) is 73.3 Å². The highest BCUT2D eigenvalue weighted by Gasteiger charge is 2.31. The molecule has 0 bridgehead atoms. The first kappa shape index (κ1) is 26.0. The molecule has 15 heteroatoms. The van der Waals surface area contributed by atoms with Gasteiger partial charge in [-0.05, 0) is 54.6 Å². The maximum Gasteiger partial charge on any atom is 0.416 e. The van der Waals surface area contributed by atoms with Crippen molar-refractivity contribution in [3.8, 4) is 17.2 Å². The molecule has 40 heavy (non-hydrogen) atoms. The number of hydrogen-bond acceptors (Lipinski definition) is 7. The molecular formula is C25H19F3N8O4. The number of benzene rings is 3. The van der Waals surface area contributed by atoms with Crippen molar-refractivity contribution in [3.05, 3.63) is 78.9 Å². The molecule has 0 aliphatic carbocycles. The quantitative estimate of drug-likeness (QED) is 0.209. The molecule has 0 aliphatic heterocycles. The van der Waals surface area contributed by atoms with Crippen LogP contribution in [0.5, 0.6) is 11.5 Å². The minimum absolute atomic E-state index is 0.114. The Morgan fingerprint density at radius 3 is 2.42 bits per heavy atom. The minimum Gasteiger partial charge on any atom is -0.457 e. The lowest BCUT2D eigenvalue weighted by molar-refractivity contribution is -0.137. The van der Waals surface area contributed by atoms with Crippen LogP contribution in [0.1, 0.15) is 5.56 Å². The summed E-state index contributed by atoms with van der Waals surface area (Å²) in [6, 6.07) is 13.5. The van der Waals surface area contributed by atoms with E-state index >= 15 is 0 Å². The van der Waals surface area contributed by atoms with E-state index in [0.717, 1.165) is 12.1 Å². The van der Waals surface area contributed by atoms with Gasteiger partial charge < -0.3 is 25.1 Å². The number of nitrogens with zero attached hydrogens (tertiary/aromatic N) is 4. The van der Waals surface area contributed by atoms with E-state index in [-0.39, 0.29) is 17.3 Å². The predicted molar refractivity (Wildman–Crippen MR) is 138 cm³/mol. The Morgan fingerprint density at radius 1 is 0.950 bits per heavy atom. The van der Waals surface area contributed by atoms with E-state index in [1.807, 2.05) is 0 Å². The Morgan fingerprint density at radius 2 is 1.73 bits per heavy atom. The van der Waals surface area contributed by atoms with Gasteiger partial charge in [-0.25, -0.2) is 24.2 Å². The Kier molecular flexibility index (Phi) is 6.92. The topological polar surface area (TPSA) is 148 Å². The number of alkyl halides is 3. The van der Waals surface area contributed by atoms with Crippen molar-refractivity contribution >= 4 is 40.5 Å². The van der Waals surface area contributed by atoms with E-state index in [1.165, 1.54) is 30.5 Å². The van der Waals surface area contributed by atoms with Crippen molar-refractivity contribution in [1.82, 2.24) is 24.7 Å². The van der Waals surface area contributed by atoms with Crippen LogP contribution in [-0.2, 0) is 10.9 Å². The third-order valence-electron chi connectivity index (χ3n) is 5.44. The molecule has 0 spiro atoms. The number of hydrogen-bond donors (Lipinski definition) is 4. The average Bonchev–Trinajstić information content (AvgIpc) is 3.59. The lowest BCUT2D eigenvalue weighted by Gasteiger charge is -2.15. The maximum atomic E-state index is 13.3. The molecule has 2 aromatic heterocycles. The van der Waals surface area contributed by atoms with Gasteiger partial charge in [-0.1, -0.05) is 0 Å². The van der Waals surface area contributed by atoms with Gasteiger partial charge in [0.05, 0.1) is 35.1 Å². The SMILES string of the molecule is COC(=O)Nc1nc2ccc(Oc3ccc(NC(=O)Nc4cc(C(F)(F)F)ccc4-n4cncn4)cc3)cc2[nH]1. The number of aromatic nitrogens is 5. The molecule has 5 rings (SSSR count). The van der Waals surface area contributed by atoms with E-state index in [9.17, 15) is 22.8 Å². The van der Waals surface area contributed by atoms with Gasteiger partial charge in [-0.15, -0.1) is 0 Å². The number of methoxy groups -OCH3 is 1. The van der Waals surface area contributed by atoms with Gasteiger partial charge in [0.1, 0.15) is 24.2 Å². The smallest absolute Gasteiger partial charge is 0.416 e. The molecule has 12 nitrogen and oxygen atoms in total. The first-order chi connectivity index (χ1) is 19.2. The summed E-state index contributed by atoms with van der Waals surface area (Å²) < 4.78 is 51.4. The molecule has 0 saturated heterocycles. The van der Waals surface area contributed by atoms with Gasteiger partial charge in [0, 0.05) is 11.8 Å². The van der Waals surface area contributed by atoms with Crippen molar-refractivity contribution < 1.29 is 32.2 Å². The zero-order chi connectivity index (χ0) is 28.3. The number of H-pyrrole nitrogens is 1. The fourth-order valence-electron chi connectivity index (χ4n) is 3.63. The van der Waals surface area contributed by atoms with Crippen molar-refractivity contribution in [3.63, 3.8) is 0 Å². The third-order valence-corrected chi connectivity index (χ3v) is 5.44. The maximum absolute atomic E-state index is 13.3. The summed E-state index contributed by atoms with van der Waals surface area (Å²) in [5.41, 5.74) is 0.721. The zero-order valence-corrected chi connectivity index (χ0v) is 20.5. The zero-order valence-electron chi connectivity index (χ0n) is 20.5. The van der Waals surface area contributed by atoms with Crippen molar-refractivity contribution in [1.29, 1.82) is 0 Å². The molecule has 0 fully saturated rings. The van der Waals surface area contributed by atoms with E-state index in [4.69, 9.17) is 4.74 Å². The van der Waals surface area contributed by atoms with Crippen LogP contribution < -0.4 is 20.7 Å². The number of ether oxygens (including phenoxy) is 2. The number of aromatic amines is 1. The second kappa shape index (κ2) is 10.6. The predicted octanol–water partition coefficient (Wildman–Crippen LogP) is 5.78. The first-order valence-electron chi connectivity index (χ1n) is 11.4. The summed E-state index contributed by atoms with van der Waals surface area (Å²) in [5, 5.41) is 11.4. The fourth-order valence-corrected chi connectivity index (χ4v) is 3.63. The molecule has 0 saturated carbocycles. The molecule has 2 heterocycles. The minimum atomic E-state index is -4.60. The van der Waals surface area contributed by atoms with Crippen LogP contribution in [0.4, 0.5) is 40.1 Å². The summed E-state index contributed by atoms with van der Waals surface area (Å²) in [4.78, 5) is 34.9. The van der Waals surface area contributed by atoms with Crippen molar-refractivity contribution in [2.24, 2.45) is 0 Å². The van der Waals surface area contributed by atoms with Crippen molar-refractivity contribution in [2.75, 3.05) is 23.1 Å². The second-order valence-corrected chi connectivity index (χ2v) is 8.16. The largest absolute Gasteiger partial charge is 0.457 e. The van der Waals surface area contributed by atoms with Gasteiger partial charge in [0.25, 0.3) is 0 Å². The summed E-state index contributed by atoms with van der Waals surface area (Å²) in [6.07, 6.45) is -2.75. The molecule has 3 amide bonds. The summed E-state index contributed by atoms with van der Waals surface area (Å²) in [7, 11) is 1.24. The highest BCUT2D eigenvalue weighted by Crippen LogP contribution is 2.33. The highest BCUT2D eigenvalue weighted by molar-refractivity contribution is 6.01. The number of amides is 3. The number of nitrogens with one attached hydrogen (secondary N) is 4. The monoisotopic (exact) mass is 552 g/mol. The number of carbonyl (C=O) groups is 2. The van der Waals surface area contributed by atoms with E-state index in [0.29, 0.717) is 28.2 Å². The Labute approximate surface area is 223 Å². The second-order valence-electron chi connectivity index (χ2n) is 8.16. The number of carbonyl (C=O) groups excluding carboxylic acids is 2. The van der Waals surface area contributed by atoms with Crippen LogP contribution in [0, 0.1) is 0 Å². The molecule has 3 aromatic carbocycles. The van der Waals surface area contributed by atoms with Gasteiger partial charge in [0.2, 0.25) is 5.95 Å². The number of imidazole rings is 1. The lowest BCUT2D eigenvalue weighted by atomic mass is 10.1. The van der Waals surface area contributed by atoms with Gasteiger partial charge >= 0.3 is 18.3 Å². The molecule has 5 aromatic rings. The summed E-state index contributed by atoms with van der Waals surface area (Å²) in [5.74, 6) is 1.14. The Bertz CT molecular complexity index is 1670. The van der Waals surface area contributed by atoms with Crippen LogP contribution in [0.3, 0.4) is 0 Å². The number of rotatable bonds is 6. The molecule has 0 atom stereocenters. The number of urea groups is 1. The van der Waals surface area contributed by atoms with Gasteiger partial charge in [0.15, 0.2) is 0 Å². The van der Waals surface area contributed by atoms with E-state index < -0.39 is 23.9 Å². The molecule has 0 unspecified atom stereocenters. The average molecular weight is 552 g/mol. The lowest BCUT2D eigenvalue weighted by Crippen LogP contribution is -2.21. The van der Waals surface area contributed by atoms with Crippen molar-refractivity contribution in [2.45, 2.75) is 6.18 Å². The first-order valence-corrected chi connectivity index (χ1v) is 11.4. The van der Waals surface area contributed by atoms with Crippen LogP contribution in [0.2, 0.25) is 0 Å². The van der Waals surface area contributed by atoms with E-state index in [2.05, 4.69) is 40.7 Å².